The fourth-order valence-electron chi connectivity index (χ4n) is 2.57. The second-order valence-corrected chi connectivity index (χ2v) is 5.14. The van der Waals surface area contributed by atoms with E-state index in [4.69, 9.17) is 5.73 Å². The molecule has 4 nitrogen and oxygen atoms in total. The largest absolute Gasteiger partial charge is 0.384 e. The molecule has 2 aromatic heterocycles. The van der Waals surface area contributed by atoms with Crippen LogP contribution >= 0.6 is 0 Å². The number of nitrogens with two attached hydrogens (primary N) is 1. The molecule has 0 radical (unpaired) electrons. The number of fused-ring (bicyclic) bond motifs is 1. The van der Waals surface area contributed by atoms with Gasteiger partial charge in [0, 0.05) is 23.9 Å². The summed E-state index contributed by atoms with van der Waals surface area (Å²) in [7, 11) is 0. The van der Waals surface area contributed by atoms with E-state index in [1.54, 1.807) is 18.3 Å². The number of imidazole rings is 1. The fourth-order valence-corrected chi connectivity index (χ4v) is 2.57. The zero-order valence-corrected chi connectivity index (χ0v) is 10.8. The molecule has 1 aromatic carbocycles. The first-order valence-corrected chi connectivity index (χ1v) is 6.62. The topological polar surface area (TPSA) is 56.7 Å². The Kier molecular flexibility index (Phi) is 2.30. The second-order valence-electron chi connectivity index (χ2n) is 5.14. The van der Waals surface area contributed by atoms with Crippen LogP contribution in [0.4, 0.5) is 10.2 Å². The quantitative estimate of drug-likeness (QED) is 0.776. The molecule has 0 unspecified atom stereocenters. The van der Waals surface area contributed by atoms with Gasteiger partial charge in [0.2, 0.25) is 0 Å². The van der Waals surface area contributed by atoms with Crippen LogP contribution in [0.15, 0.2) is 36.5 Å². The zero-order valence-electron chi connectivity index (χ0n) is 10.8. The van der Waals surface area contributed by atoms with Crippen LogP contribution in [0.1, 0.15) is 18.9 Å². The third-order valence-electron chi connectivity index (χ3n) is 3.60. The summed E-state index contributed by atoms with van der Waals surface area (Å²) in [5.41, 5.74) is 8.32. The Labute approximate surface area is 115 Å². The summed E-state index contributed by atoms with van der Waals surface area (Å²) in [6.07, 6.45) is 3.94. The number of rotatable bonds is 2. The van der Waals surface area contributed by atoms with E-state index >= 15 is 0 Å². The summed E-state index contributed by atoms with van der Waals surface area (Å²) >= 11 is 0. The summed E-state index contributed by atoms with van der Waals surface area (Å²) < 4.78 is 15.6. The molecule has 2 heterocycles. The maximum Gasteiger partial charge on any atom is 0.141 e. The van der Waals surface area contributed by atoms with Crippen molar-refractivity contribution in [3.8, 4) is 11.4 Å². The van der Waals surface area contributed by atoms with Gasteiger partial charge in [-0.05, 0) is 37.1 Å². The van der Waals surface area contributed by atoms with Crippen LogP contribution in [-0.4, -0.2) is 14.5 Å². The first kappa shape index (κ1) is 11.4. The first-order chi connectivity index (χ1) is 9.72. The number of aromatic nitrogens is 3. The summed E-state index contributed by atoms with van der Waals surface area (Å²) in [5, 5.41) is 0. The van der Waals surface area contributed by atoms with Gasteiger partial charge in [-0.15, -0.1) is 0 Å². The molecule has 100 valence electrons. The maximum absolute atomic E-state index is 13.4. The van der Waals surface area contributed by atoms with Crippen LogP contribution in [0.25, 0.3) is 22.4 Å². The van der Waals surface area contributed by atoms with Gasteiger partial charge in [0.1, 0.15) is 17.5 Å². The lowest BCUT2D eigenvalue weighted by Crippen LogP contribution is -1.98. The molecule has 20 heavy (non-hydrogen) atoms. The van der Waals surface area contributed by atoms with Crippen LogP contribution in [-0.2, 0) is 0 Å². The minimum Gasteiger partial charge on any atom is -0.384 e. The molecule has 0 saturated heterocycles. The van der Waals surface area contributed by atoms with Gasteiger partial charge in [0.25, 0.3) is 0 Å². The normalized spacial score (nSPS) is 14.8. The summed E-state index contributed by atoms with van der Waals surface area (Å²) in [6, 6.07) is 8.89. The lowest BCUT2D eigenvalue weighted by molar-refractivity contribution is 0.629. The molecule has 0 aliphatic heterocycles. The Hall–Kier alpha value is -2.43. The third kappa shape index (κ3) is 1.74. The van der Waals surface area contributed by atoms with Crippen molar-refractivity contribution in [2.75, 3.05) is 5.73 Å². The minimum absolute atomic E-state index is 0.265. The number of hydrogen-bond acceptors (Lipinski definition) is 3. The van der Waals surface area contributed by atoms with E-state index in [-0.39, 0.29) is 5.82 Å². The molecule has 4 rings (SSSR count). The second kappa shape index (κ2) is 4.03. The van der Waals surface area contributed by atoms with Crippen molar-refractivity contribution >= 4 is 16.9 Å². The average Bonchev–Trinajstić information content (AvgIpc) is 3.19. The summed E-state index contributed by atoms with van der Waals surface area (Å²) in [6.45, 7) is 0. The molecule has 1 fully saturated rings. The molecule has 5 heteroatoms. The SMILES string of the molecule is Nc1cc(-c2nc3cc(F)ccc3n2C2CC2)ccn1. The highest BCUT2D eigenvalue weighted by Crippen LogP contribution is 2.41. The number of benzene rings is 1. The molecule has 2 N–H and O–H groups in total. The molecule has 3 aromatic rings. The number of nitrogen functional groups attached to an aromatic ring is 1. The summed E-state index contributed by atoms with van der Waals surface area (Å²) in [5.74, 6) is 1.03. The van der Waals surface area contributed by atoms with Gasteiger partial charge in [0.05, 0.1) is 11.0 Å². The Morgan fingerprint density at radius 3 is 2.80 bits per heavy atom. The van der Waals surface area contributed by atoms with E-state index in [1.165, 1.54) is 12.1 Å². The minimum atomic E-state index is -0.265. The van der Waals surface area contributed by atoms with Gasteiger partial charge in [0.15, 0.2) is 0 Å². The number of halogens is 1. The predicted octanol–water partition coefficient (Wildman–Crippen LogP) is 3.15. The van der Waals surface area contributed by atoms with Crippen LogP contribution in [0, 0.1) is 5.82 Å². The van der Waals surface area contributed by atoms with Gasteiger partial charge >= 0.3 is 0 Å². The van der Waals surface area contributed by atoms with Crippen molar-refractivity contribution in [3.05, 3.63) is 42.3 Å². The third-order valence-corrected chi connectivity index (χ3v) is 3.60. The standard InChI is InChI=1S/C15H13FN4/c16-10-1-4-13-12(8-10)19-15(20(13)11-2-3-11)9-5-6-18-14(17)7-9/h1,4-8,11H,2-3H2,(H2,17,18). The number of pyridine rings is 1. The van der Waals surface area contributed by atoms with E-state index in [1.807, 2.05) is 6.07 Å². The van der Waals surface area contributed by atoms with E-state index in [0.29, 0.717) is 17.4 Å². The Balaban J connectivity index is 2.00. The Bertz CT molecular complexity index is 805. The van der Waals surface area contributed by atoms with Gasteiger partial charge in [-0.2, -0.15) is 0 Å². The number of hydrogen-bond donors (Lipinski definition) is 1. The monoisotopic (exact) mass is 268 g/mol. The van der Waals surface area contributed by atoms with Gasteiger partial charge < -0.3 is 10.3 Å². The van der Waals surface area contributed by atoms with Crippen molar-refractivity contribution in [1.29, 1.82) is 0 Å². The highest BCUT2D eigenvalue weighted by molar-refractivity contribution is 5.81. The van der Waals surface area contributed by atoms with Gasteiger partial charge in [-0.25, -0.2) is 14.4 Å². The maximum atomic E-state index is 13.4. The zero-order chi connectivity index (χ0) is 13.7. The van der Waals surface area contributed by atoms with Gasteiger partial charge in [-0.3, -0.25) is 0 Å². The lowest BCUT2D eigenvalue weighted by Gasteiger charge is -2.07. The number of nitrogens with zero attached hydrogens (tertiary/aromatic N) is 3. The molecule has 0 spiro atoms. The Morgan fingerprint density at radius 2 is 2.05 bits per heavy atom. The van der Waals surface area contributed by atoms with Crippen LogP contribution in [0.3, 0.4) is 0 Å². The number of anilines is 1. The molecule has 1 saturated carbocycles. The highest BCUT2D eigenvalue weighted by atomic mass is 19.1. The van der Waals surface area contributed by atoms with Crippen molar-refractivity contribution in [3.63, 3.8) is 0 Å². The highest BCUT2D eigenvalue weighted by Gasteiger charge is 2.28. The van der Waals surface area contributed by atoms with Crippen LogP contribution in [0.5, 0.6) is 0 Å². The van der Waals surface area contributed by atoms with Crippen LogP contribution in [0.2, 0.25) is 0 Å². The molecule has 0 atom stereocenters. The molecule has 0 amide bonds. The predicted molar refractivity (Wildman–Crippen MR) is 75.6 cm³/mol. The summed E-state index contributed by atoms with van der Waals surface area (Å²) in [4.78, 5) is 8.59. The van der Waals surface area contributed by atoms with Crippen LogP contribution < -0.4 is 5.73 Å². The molecule has 1 aliphatic carbocycles. The first-order valence-electron chi connectivity index (χ1n) is 6.62. The van der Waals surface area contributed by atoms with E-state index in [0.717, 1.165) is 29.7 Å². The lowest BCUT2D eigenvalue weighted by atomic mass is 10.2. The molecule has 0 bridgehead atoms. The average molecular weight is 268 g/mol. The molecule has 1 aliphatic rings. The van der Waals surface area contributed by atoms with E-state index in [2.05, 4.69) is 14.5 Å². The fraction of sp³-hybridized carbons (Fsp3) is 0.200. The van der Waals surface area contributed by atoms with E-state index < -0.39 is 0 Å². The van der Waals surface area contributed by atoms with Crippen molar-refractivity contribution < 1.29 is 4.39 Å². The Morgan fingerprint density at radius 1 is 1.20 bits per heavy atom. The van der Waals surface area contributed by atoms with Crippen molar-refractivity contribution in [1.82, 2.24) is 14.5 Å². The van der Waals surface area contributed by atoms with Crippen molar-refractivity contribution in [2.24, 2.45) is 0 Å². The van der Waals surface area contributed by atoms with Gasteiger partial charge in [-0.1, -0.05) is 0 Å². The van der Waals surface area contributed by atoms with Crippen molar-refractivity contribution in [2.45, 2.75) is 18.9 Å². The van der Waals surface area contributed by atoms with E-state index in [9.17, 15) is 4.39 Å². The molecular formula is C15H13FN4. The smallest absolute Gasteiger partial charge is 0.141 e. The molecular weight excluding hydrogens is 255 g/mol.